The molecule has 3 heterocycles. The Balaban J connectivity index is 1.35. The van der Waals surface area contributed by atoms with Crippen LogP contribution in [0.25, 0.3) is 16.7 Å². The molecule has 0 unspecified atom stereocenters. The maximum atomic E-state index is 13.2. The van der Waals surface area contributed by atoms with Gasteiger partial charge in [-0.3, -0.25) is 14.4 Å². The SMILES string of the molecule is CONC(=O)c1cn(-c2ccc3c(c2)CCC3)c2nc(Nc3ccc(CCN4CCC4)cc3)ncc2c1=O. The highest BCUT2D eigenvalue weighted by atomic mass is 16.6. The first kappa shape index (κ1) is 24.3. The number of aromatic nitrogens is 3. The number of hydrogen-bond donors (Lipinski definition) is 2. The van der Waals surface area contributed by atoms with E-state index in [1.807, 2.05) is 18.2 Å². The van der Waals surface area contributed by atoms with E-state index in [1.54, 1.807) is 4.57 Å². The van der Waals surface area contributed by atoms with E-state index >= 15 is 0 Å². The molecule has 0 atom stereocenters. The fourth-order valence-corrected chi connectivity index (χ4v) is 5.16. The van der Waals surface area contributed by atoms with Crippen molar-refractivity contribution >= 4 is 28.6 Å². The van der Waals surface area contributed by atoms with Crippen molar-refractivity contribution in [2.75, 3.05) is 32.1 Å². The average molecular weight is 511 g/mol. The van der Waals surface area contributed by atoms with Gasteiger partial charge in [-0.05, 0) is 86.1 Å². The standard InChI is InChI=1S/C29H30N6O3/c1-38-33-28(37)25-18-35(23-11-8-20-4-2-5-21(20)16-23)27-24(26(25)36)17-30-29(32-27)31-22-9-6-19(7-10-22)12-15-34-13-3-14-34/h6-11,16-18H,2-5,12-15H2,1H3,(H,33,37)(H,30,31,32). The first-order valence-electron chi connectivity index (χ1n) is 13.1. The van der Waals surface area contributed by atoms with Crippen LogP contribution in [-0.4, -0.2) is 52.1 Å². The molecule has 1 fully saturated rings. The van der Waals surface area contributed by atoms with Crippen molar-refractivity contribution in [3.63, 3.8) is 0 Å². The third-order valence-electron chi connectivity index (χ3n) is 7.42. The fraction of sp³-hybridized carbons (Fsp3) is 0.310. The third kappa shape index (κ3) is 4.78. The molecule has 2 aliphatic rings. The molecule has 194 valence electrons. The van der Waals surface area contributed by atoms with Gasteiger partial charge in [0.1, 0.15) is 5.56 Å². The monoisotopic (exact) mass is 510 g/mol. The Labute approximate surface area is 220 Å². The summed E-state index contributed by atoms with van der Waals surface area (Å²) >= 11 is 0. The number of benzene rings is 2. The summed E-state index contributed by atoms with van der Waals surface area (Å²) in [6, 6.07) is 14.5. The molecule has 9 heteroatoms. The molecule has 0 bridgehead atoms. The minimum absolute atomic E-state index is 0.0435. The van der Waals surface area contributed by atoms with Crippen molar-refractivity contribution in [3.8, 4) is 5.69 Å². The van der Waals surface area contributed by atoms with E-state index in [2.05, 4.69) is 44.9 Å². The zero-order chi connectivity index (χ0) is 26.1. The number of rotatable bonds is 8. The molecule has 2 aromatic heterocycles. The molecular formula is C29H30N6O3. The van der Waals surface area contributed by atoms with Crippen LogP contribution < -0.4 is 16.2 Å². The molecule has 0 radical (unpaired) electrons. The van der Waals surface area contributed by atoms with Crippen LogP contribution in [0.2, 0.25) is 0 Å². The van der Waals surface area contributed by atoms with Crippen molar-refractivity contribution in [3.05, 3.63) is 87.3 Å². The van der Waals surface area contributed by atoms with Gasteiger partial charge >= 0.3 is 0 Å². The van der Waals surface area contributed by atoms with Gasteiger partial charge in [0.15, 0.2) is 5.65 Å². The Hall–Kier alpha value is -4.08. The van der Waals surface area contributed by atoms with E-state index in [9.17, 15) is 9.59 Å². The van der Waals surface area contributed by atoms with Gasteiger partial charge in [0.05, 0.1) is 12.5 Å². The number of hydroxylamine groups is 1. The van der Waals surface area contributed by atoms with Crippen LogP contribution in [0.15, 0.2) is 59.7 Å². The molecule has 2 N–H and O–H groups in total. The lowest BCUT2D eigenvalue weighted by Gasteiger charge is -2.30. The normalized spacial score (nSPS) is 14.8. The van der Waals surface area contributed by atoms with Gasteiger partial charge < -0.3 is 14.8 Å². The maximum Gasteiger partial charge on any atom is 0.280 e. The minimum atomic E-state index is -0.620. The Morgan fingerprint density at radius 1 is 1.05 bits per heavy atom. The molecule has 9 nitrogen and oxygen atoms in total. The van der Waals surface area contributed by atoms with Crippen molar-refractivity contribution in [2.24, 2.45) is 0 Å². The van der Waals surface area contributed by atoms with Crippen molar-refractivity contribution in [1.82, 2.24) is 24.9 Å². The summed E-state index contributed by atoms with van der Waals surface area (Å²) in [5, 5.41) is 3.51. The minimum Gasteiger partial charge on any atom is -0.324 e. The fourth-order valence-electron chi connectivity index (χ4n) is 5.16. The van der Waals surface area contributed by atoms with Crippen LogP contribution in [0.3, 0.4) is 0 Å². The highest BCUT2D eigenvalue weighted by molar-refractivity contribution is 5.96. The topological polar surface area (TPSA) is 101 Å². The molecule has 1 aliphatic carbocycles. The zero-order valence-corrected chi connectivity index (χ0v) is 21.4. The molecule has 4 aromatic rings. The number of hydrogen-bond acceptors (Lipinski definition) is 7. The number of pyridine rings is 1. The van der Waals surface area contributed by atoms with Crippen LogP contribution in [0, 0.1) is 0 Å². The quantitative estimate of drug-likeness (QED) is 0.350. The van der Waals surface area contributed by atoms with Crippen molar-refractivity contribution < 1.29 is 9.63 Å². The number of nitrogens with zero attached hydrogens (tertiary/aromatic N) is 4. The van der Waals surface area contributed by atoms with Crippen LogP contribution >= 0.6 is 0 Å². The second-order valence-electron chi connectivity index (χ2n) is 9.88. The first-order valence-corrected chi connectivity index (χ1v) is 13.1. The van der Waals surface area contributed by atoms with E-state index < -0.39 is 11.3 Å². The van der Waals surface area contributed by atoms with Crippen LogP contribution in [-0.2, 0) is 24.1 Å². The van der Waals surface area contributed by atoms with E-state index in [4.69, 9.17) is 9.82 Å². The maximum absolute atomic E-state index is 13.2. The van der Waals surface area contributed by atoms with Crippen LogP contribution in [0.1, 0.15) is 39.9 Å². The third-order valence-corrected chi connectivity index (χ3v) is 7.42. The lowest BCUT2D eigenvalue weighted by molar-refractivity contribution is 0.0536. The predicted molar refractivity (Wildman–Crippen MR) is 146 cm³/mol. The van der Waals surface area contributed by atoms with Gasteiger partial charge in [-0.25, -0.2) is 10.5 Å². The lowest BCUT2D eigenvalue weighted by atomic mass is 10.1. The lowest BCUT2D eigenvalue weighted by Crippen LogP contribution is -2.38. The summed E-state index contributed by atoms with van der Waals surface area (Å²) in [6.07, 6.45) is 8.53. The smallest absolute Gasteiger partial charge is 0.280 e. The summed E-state index contributed by atoms with van der Waals surface area (Å²) in [6.45, 7) is 3.49. The number of carbonyl (C=O) groups is 1. The second kappa shape index (κ2) is 10.4. The van der Waals surface area contributed by atoms with Gasteiger partial charge in [0, 0.05) is 30.3 Å². The Bertz CT molecular complexity index is 1560. The Morgan fingerprint density at radius 2 is 1.87 bits per heavy atom. The van der Waals surface area contributed by atoms with E-state index in [-0.39, 0.29) is 10.9 Å². The second-order valence-corrected chi connectivity index (χ2v) is 9.88. The first-order chi connectivity index (χ1) is 18.6. The number of amides is 1. The number of fused-ring (bicyclic) bond motifs is 2. The average Bonchev–Trinajstić information content (AvgIpc) is 3.37. The molecule has 0 spiro atoms. The molecular weight excluding hydrogens is 480 g/mol. The van der Waals surface area contributed by atoms with Gasteiger partial charge in [-0.2, -0.15) is 4.98 Å². The van der Waals surface area contributed by atoms with Crippen molar-refractivity contribution in [2.45, 2.75) is 32.1 Å². The summed E-state index contributed by atoms with van der Waals surface area (Å²) in [7, 11) is 1.33. The number of aryl methyl sites for hydroxylation is 2. The van der Waals surface area contributed by atoms with Gasteiger partial charge in [0.25, 0.3) is 5.91 Å². The summed E-state index contributed by atoms with van der Waals surface area (Å²) in [4.78, 5) is 42.2. The Kier molecular flexibility index (Phi) is 6.61. The van der Waals surface area contributed by atoms with Gasteiger partial charge in [-0.1, -0.05) is 18.2 Å². The largest absolute Gasteiger partial charge is 0.324 e. The molecule has 0 saturated carbocycles. The predicted octanol–water partition coefficient (Wildman–Crippen LogP) is 3.55. The number of anilines is 2. The van der Waals surface area contributed by atoms with Crippen LogP contribution in [0.5, 0.6) is 0 Å². The summed E-state index contributed by atoms with van der Waals surface area (Å²) in [5.74, 6) is -0.250. The summed E-state index contributed by atoms with van der Waals surface area (Å²) in [5.41, 5.74) is 7.76. The van der Waals surface area contributed by atoms with Crippen molar-refractivity contribution in [1.29, 1.82) is 0 Å². The molecule has 2 aromatic carbocycles. The highest BCUT2D eigenvalue weighted by Crippen LogP contribution is 2.26. The molecule has 1 amide bonds. The highest BCUT2D eigenvalue weighted by Gasteiger charge is 2.20. The van der Waals surface area contributed by atoms with Crippen LogP contribution in [0.4, 0.5) is 11.6 Å². The van der Waals surface area contributed by atoms with Gasteiger partial charge in [0.2, 0.25) is 11.4 Å². The zero-order valence-electron chi connectivity index (χ0n) is 21.4. The molecule has 1 aliphatic heterocycles. The summed E-state index contributed by atoms with van der Waals surface area (Å²) < 4.78 is 1.78. The molecule has 38 heavy (non-hydrogen) atoms. The number of carbonyl (C=O) groups excluding carboxylic acids is 1. The van der Waals surface area contributed by atoms with E-state index in [1.165, 1.54) is 55.7 Å². The number of nitrogens with one attached hydrogen (secondary N) is 2. The van der Waals surface area contributed by atoms with E-state index in [0.29, 0.717) is 11.6 Å². The van der Waals surface area contributed by atoms with E-state index in [0.717, 1.165) is 43.6 Å². The number of likely N-dealkylation sites (tertiary alicyclic amines) is 1. The van der Waals surface area contributed by atoms with Gasteiger partial charge in [-0.15, -0.1) is 0 Å². The Morgan fingerprint density at radius 3 is 2.63 bits per heavy atom. The molecule has 1 saturated heterocycles. The molecule has 6 rings (SSSR count).